The molecule has 26 heavy (non-hydrogen) atoms. The van der Waals surface area contributed by atoms with Crippen LogP contribution in [0, 0.1) is 5.92 Å². The van der Waals surface area contributed by atoms with Crippen molar-refractivity contribution in [3.05, 3.63) is 58.5 Å². The fourth-order valence-electron chi connectivity index (χ4n) is 4.38. The number of aromatic nitrogens is 1. The quantitative estimate of drug-likeness (QED) is 0.904. The van der Waals surface area contributed by atoms with Gasteiger partial charge in [-0.1, -0.05) is 30.3 Å². The van der Waals surface area contributed by atoms with Crippen molar-refractivity contribution in [1.82, 2.24) is 14.8 Å². The SMILES string of the molecule is CC(C)NC(=O)N1CC2CC(C1)c1c(-c3ccccc3)ccc(=O)n1C2. The van der Waals surface area contributed by atoms with Gasteiger partial charge in [0, 0.05) is 48.9 Å². The molecular formula is C21H25N3O2. The van der Waals surface area contributed by atoms with Crippen molar-refractivity contribution in [2.24, 2.45) is 5.92 Å². The van der Waals surface area contributed by atoms with Crippen molar-refractivity contribution in [2.75, 3.05) is 13.1 Å². The molecule has 4 rings (SSSR count). The van der Waals surface area contributed by atoms with Gasteiger partial charge < -0.3 is 14.8 Å². The van der Waals surface area contributed by atoms with Gasteiger partial charge in [-0.3, -0.25) is 4.79 Å². The Morgan fingerprint density at radius 2 is 1.85 bits per heavy atom. The number of hydrogen-bond donors (Lipinski definition) is 1. The maximum atomic E-state index is 12.5. The van der Waals surface area contributed by atoms with Gasteiger partial charge >= 0.3 is 6.03 Å². The molecule has 2 bridgehead atoms. The summed E-state index contributed by atoms with van der Waals surface area (Å²) >= 11 is 0. The standard InChI is InChI=1S/C21H25N3O2/c1-14(2)22-21(26)23-11-15-10-17(13-23)20-18(16-6-4-3-5-7-16)8-9-19(25)24(20)12-15/h3-9,14-15,17H,10-13H2,1-2H3,(H,22,26). The van der Waals surface area contributed by atoms with E-state index in [-0.39, 0.29) is 23.6 Å². The number of carbonyl (C=O) groups is 1. The second kappa shape index (κ2) is 6.63. The lowest BCUT2D eigenvalue weighted by atomic mass is 9.80. The normalized spacial score (nSPS) is 21.4. The molecule has 1 aromatic heterocycles. The minimum absolute atomic E-state index is 0.00249. The number of carbonyl (C=O) groups excluding carboxylic acids is 1. The molecule has 3 heterocycles. The van der Waals surface area contributed by atoms with Gasteiger partial charge in [0.1, 0.15) is 0 Å². The Morgan fingerprint density at radius 3 is 2.58 bits per heavy atom. The van der Waals surface area contributed by atoms with Crippen molar-refractivity contribution in [3.8, 4) is 11.1 Å². The maximum absolute atomic E-state index is 12.5. The van der Waals surface area contributed by atoms with Crippen molar-refractivity contribution in [2.45, 2.75) is 38.8 Å². The Balaban J connectivity index is 1.73. The van der Waals surface area contributed by atoms with E-state index in [4.69, 9.17) is 0 Å². The number of likely N-dealkylation sites (tertiary alicyclic amines) is 1. The van der Waals surface area contributed by atoms with Crippen LogP contribution in [-0.4, -0.2) is 34.6 Å². The van der Waals surface area contributed by atoms with Crippen molar-refractivity contribution in [3.63, 3.8) is 0 Å². The zero-order valence-electron chi connectivity index (χ0n) is 15.3. The summed E-state index contributed by atoms with van der Waals surface area (Å²) < 4.78 is 1.94. The van der Waals surface area contributed by atoms with Gasteiger partial charge in [0.15, 0.2) is 0 Å². The Kier molecular flexibility index (Phi) is 4.31. The number of urea groups is 1. The zero-order valence-corrected chi connectivity index (χ0v) is 15.3. The van der Waals surface area contributed by atoms with Gasteiger partial charge in [0.25, 0.3) is 5.56 Å². The molecule has 0 saturated carbocycles. The molecule has 2 unspecified atom stereocenters. The molecule has 0 radical (unpaired) electrons. The number of hydrogen-bond acceptors (Lipinski definition) is 2. The molecule has 1 N–H and O–H groups in total. The van der Waals surface area contributed by atoms with Crippen molar-refractivity contribution in [1.29, 1.82) is 0 Å². The van der Waals surface area contributed by atoms with E-state index in [1.54, 1.807) is 6.07 Å². The molecule has 136 valence electrons. The Labute approximate surface area is 153 Å². The first-order valence-electron chi connectivity index (χ1n) is 9.37. The van der Waals surface area contributed by atoms with Crippen LogP contribution in [0.3, 0.4) is 0 Å². The monoisotopic (exact) mass is 351 g/mol. The summed E-state index contributed by atoms with van der Waals surface area (Å²) in [7, 11) is 0. The van der Waals surface area contributed by atoms with Gasteiger partial charge in [0.05, 0.1) is 0 Å². The molecule has 0 aliphatic carbocycles. The average Bonchev–Trinajstić information content (AvgIpc) is 2.62. The first-order valence-corrected chi connectivity index (χ1v) is 9.37. The summed E-state index contributed by atoms with van der Waals surface area (Å²) in [5.41, 5.74) is 3.38. The van der Waals surface area contributed by atoms with Gasteiger partial charge in [0.2, 0.25) is 0 Å². The molecule has 1 saturated heterocycles. The molecular weight excluding hydrogens is 326 g/mol. The third-order valence-electron chi connectivity index (χ3n) is 5.37. The van der Waals surface area contributed by atoms with Crippen LogP contribution in [0.5, 0.6) is 0 Å². The second-order valence-corrected chi connectivity index (χ2v) is 7.75. The number of fused-ring (bicyclic) bond motifs is 4. The summed E-state index contributed by atoms with van der Waals surface area (Å²) in [5, 5.41) is 3.00. The summed E-state index contributed by atoms with van der Waals surface area (Å²) in [6, 6.07) is 13.9. The number of nitrogens with one attached hydrogen (secondary N) is 1. The fourth-order valence-corrected chi connectivity index (χ4v) is 4.38. The minimum atomic E-state index is 0.00249. The maximum Gasteiger partial charge on any atom is 0.317 e. The molecule has 2 atom stereocenters. The van der Waals surface area contributed by atoms with E-state index in [0.717, 1.165) is 29.8 Å². The van der Waals surface area contributed by atoms with Crippen LogP contribution < -0.4 is 10.9 Å². The molecule has 2 aliphatic heterocycles. The summed E-state index contributed by atoms with van der Waals surface area (Å²) in [6.45, 7) is 6.03. The zero-order chi connectivity index (χ0) is 18.3. The van der Waals surface area contributed by atoms with Crippen molar-refractivity contribution >= 4 is 6.03 Å². The minimum Gasteiger partial charge on any atom is -0.336 e. The fraction of sp³-hybridized carbons (Fsp3) is 0.429. The van der Waals surface area contributed by atoms with Crippen LogP contribution in [0.1, 0.15) is 31.9 Å². The lowest BCUT2D eigenvalue weighted by molar-refractivity contribution is 0.130. The third kappa shape index (κ3) is 3.02. The highest BCUT2D eigenvalue weighted by molar-refractivity contribution is 5.75. The average molecular weight is 351 g/mol. The predicted molar refractivity (Wildman–Crippen MR) is 102 cm³/mol. The Hall–Kier alpha value is -2.56. The van der Waals surface area contributed by atoms with Crippen molar-refractivity contribution < 1.29 is 4.79 Å². The molecule has 2 aromatic rings. The third-order valence-corrected chi connectivity index (χ3v) is 5.37. The van der Waals surface area contributed by atoms with Gasteiger partial charge in [-0.25, -0.2) is 4.79 Å². The smallest absolute Gasteiger partial charge is 0.317 e. The Bertz CT molecular complexity index is 873. The summed E-state index contributed by atoms with van der Waals surface area (Å²) in [4.78, 5) is 27.0. The molecule has 2 aliphatic rings. The molecule has 5 nitrogen and oxygen atoms in total. The van der Waals surface area contributed by atoms with Crippen LogP contribution in [-0.2, 0) is 6.54 Å². The number of pyridine rings is 1. The largest absolute Gasteiger partial charge is 0.336 e. The van der Waals surface area contributed by atoms with E-state index < -0.39 is 0 Å². The lowest BCUT2D eigenvalue weighted by Gasteiger charge is -2.43. The van der Waals surface area contributed by atoms with E-state index in [0.29, 0.717) is 19.0 Å². The van der Waals surface area contributed by atoms with Crippen LogP contribution in [0.15, 0.2) is 47.3 Å². The Morgan fingerprint density at radius 1 is 1.08 bits per heavy atom. The van der Waals surface area contributed by atoms with E-state index in [1.807, 2.05) is 47.6 Å². The molecule has 1 fully saturated rings. The van der Waals surface area contributed by atoms with Crippen LogP contribution in [0.2, 0.25) is 0 Å². The second-order valence-electron chi connectivity index (χ2n) is 7.75. The topological polar surface area (TPSA) is 54.3 Å². The van der Waals surface area contributed by atoms with Gasteiger partial charge in [-0.2, -0.15) is 0 Å². The predicted octanol–water partition coefficient (Wildman–Crippen LogP) is 3.05. The molecule has 2 amide bonds. The molecule has 0 spiro atoms. The number of piperidine rings is 1. The van der Waals surface area contributed by atoms with Gasteiger partial charge in [-0.05, 0) is 37.8 Å². The van der Waals surface area contributed by atoms with E-state index in [2.05, 4.69) is 17.4 Å². The van der Waals surface area contributed by atoms with Crippen LogP contribution in [0.4, 0.5) is 4.79 Å². The van der Waals surface area contributed by atoms with E-state index in [9.17, 15) is 9.59 Å². The first-order chi connectivity index (χ1) is 12.5. The van der Waals surface area contributed by atoms with E-state index in [1.165, 1.54) is 0 Å². The summed E-state index contributed by atoms with van der Waals surface area (Å²) in [6.07, 6.45) is 1.04. The first kappa shape index (κ1) is 16.9. The van der Waals surface area contributed by atoms with Gasteiger partial charge in [-0.15, -0.1) is 0 Å². The number of nitrogens with zero attached hydrogens (tertiary/aromatic N) is 2. The lowest BCUT2D eigenvalue weighted by Crippen LogP contribution is -2.53. The highest BCUT2D eigenvalue weighted by atomic mass is 16.2. The number of rotatable bonds is 2. The van der Waals surface area contributed by atoms with Crippen LogP contribution in [0.25, 0.3) is 11.1 Å². The van der Waals surface area contributed by atoms with Crippen LogP contribution >= 0.6 is 0 Å². The number of amides is 2. The number of benzene rings is 1. The highest BCUT2D eigenvalue weighted by Gasteiger charge is 2.37. The molecule has 5 heteroatoms. The van der Waals surface area contributed by atoms with E-state index >= 15 is 0 Å². The summed E-state index contributed by atoms with van der Waals surface area (Å²) in [5.74, 6) is 0.535. The molecule has 1 aromatic carbocycles. The highest BCUT2D eigenvalue weighted by Crippen LogP contribution is 2.39.